The third-order valence-corrected chi connectivity index (χ3v) is 6.13. The fourth-order valence-electron chi connectivity index (χ4n) is 3.99. The molecule has 3 aliphatic heterocycles. The van der Waals surface area contributed by atoms with Gasteiger partial charge in [-0.1, -0.05) is 23.9 Å². The zero-order valence-electron chi connectivity index (χ0n) is 14.8. The quantitative estimate of drug-likeness (QED) is 0.760. The molecule has 0 aromatic carbocycles. The number of thioether (sulfide) groups is 1. The van der Waals surface area contributed by atoms with E-state index in [9.17, 15) is 4.79 Å². The molecule has 5 rings (SSSR count). The fraction of sp³-hybridized carbons (Fsp3) is 0.450. The van der Waals surface area contributed by atoms with Crippen LogP contribution in [-0.4, -0.2) is 57.1 Å². The van der Waals surface area contributed by atoms with Gasteiger partial charge in [0, 0.05) is 44.6 Å². The molecule has 136 valence electrons. The lowest BCUT2D eigenvalue weighted by molar-refractivity contribution is -0.132. The van der Waals surface area contributed by atoms with E-state index in [4.69, 9.17) is 0 Å². The second-order valence-corrected chi connectivity index (χ2v) is 8.11. The average Bonchev–Trinajstić information content (AvgIpc) is 2.98. The molecule has 2 aromatic heterocycles. The Morgan fingerprint density at radius 3 is 2.65 bits per heavy atom. The molecule has 5 heterocycles. The highest BCUT2D eigenvalue weighted by atomic mass is 32.2. The molecule has 0 spiro atoms. The van der Waals surface area contributed by atoms with Gasteiger partial charge in [-0.15, -0.1) is 0 Å². The number of fused-ring (bicyclic) bond motifs is 4. The maximum Gasteiger partial charge on any atom is 0.233 e. The number of hydrogen-bond acceptors (Lipinski definition) is 5. The van der Waals surface area contributed by atoms with Crippen molar-refractivity contribution in [2.75, 3.05) is 25.4 Å². The van der Waals surface area contributed by atoms with Gasteiger partial charge in [-0.2, -0.15) is 0 Å². The Hall–Kier alpha value is -1.92. The minimum Gasteiger partial charge on any atom is -0.337 e. The number of nitrogens with zero attached hydrogens (tertiary/aromatic N) is 4. The summed E-state index contributed by atoms with van der Waals surface area (Å²) in [6.07, 6.45) is 5.96. The Bertz CT molecular complexity index is 727. The van der Waals surface area contributed by atoms with Crippen molar-refractivity contribution < 1.29 is 4.79 Å². The highest BCUT2D eigenvalue weighted by Gasteiger charge is 2.37. The fourth-order valence-corrected chi connectivity index (χ4v) is 4.73. The minimum absolute atomic E-state index is 0.245. The van der Waals surface area contributed by atoms with Gasteiger partial charge in [0.1, 0.15) is 0 Å². The van der Waals surface area contributed by atoms with Crippen molar-refractivity contribution in [3.63, 3.8) is 0 Å². The summed E-state index contributed by atoms with van der Waals surface area (Å²) in [7, 11) is 0. The van der Waals surface area contributed by atoms with Gasteiger partial charge < -0.3 is 4.90 Å². The standard InChI is InChI=1S/C20H24N4OS/c25-20(15-26-19-6-2-4-10-22-19)24-12-16-7-8-18(24)14-23(11-16)13-17-5-1-3-9-21-17/h1-6,9-10,16,18H,7-8,11-15H2/t16-,18+/m0/s1. The number of carbonyl (C=O) groups excluding carboxylic acids is 1. The number of piperidine rings is 1. The van der Waals surface area contributed by atoms with Crippen LogP contribution >= 0.6 is 11.8 Å². The van der Waals surface area contributed by atoms with Crippen LogP contribution in [0.3, 0.4) is 0 Å². The molecule has 3 aliphatic rings. The van der Waals surface area contributed by atoms with E-state index in [-0.39, 0.29) is 5.91 Å². The first-order chi connectivity index (χ1) is 12.8. The zero-order chi connectivity index (χ0) is 17.8. The van der Waals surface area contributed by atoms with Gasteiger partial charge in [-0.3, -0.25) is 14.7 Å². The first-order valence-electron chi connectivity index (χ1n) is 9.23. The van der Waals surface area contributed by atoms with Gasteiger partial charge in [0.2, 0.25) is 5.91 Å². The summed E-state index contributed by atoms with van der Waals surface area (Å²) in [6, 6.07) is 12.2. The highest BCUT2D eigenvalue weighted by molar-refractivity contribution is 7.99. The lowest BCUT2D eigenvalue weighted by Gasteiger charge is -2.36. The lowest BCUT2D eigenvalue weighted by atomic mass is 9.95. The van der Waals surface area contributed by atoms with E-state index in [0.29, 0.717) is 17.7 Å². The van der Waals surface area contributed by atoms with Crippen LogP contribution in [0.15, 0.2) is 53.8 Å². The number of amides is 1. The molecule has 2 bridgehead atoms. The van der Waals surface area contributed by atoms with Crippen LogP contribution in [0.25, 0.3) is 0 Å². The lowest BCUT2D eigenvalue weighted by Crippen LogP contribution is -2.48. The van der Waals surface area contributed by atoms with Crippen LogP contribution < -0.4 is 0 Å². The zero-order valence-corrected chi connectivity index (χ0v) is 15.6. The van der Waals surface area contributed by atoms with Crippen molar-refractivity contribution in [3.8, 4) is 0 Å². The van der Waals surface area contributed by atoms with Crippen LogP contribution in [0.4, 0.5) is 0 Å². The highest BCUT2D eigenvalue weighted by Crippen LogP contribution is 2.29. The molecular formula is C20H24N4OS. The van der Waals surface area contributed by atoms with Crippen molar-refractivity contribution in [2.45, 2.75) is 30.5 Å². The summed E-state index contributed by atoms with van der Waals surface area (Å²) in [4.78, 5) is 26.2. The maximum atomic E-state index is 12.8. The predicted octanol–water partition coefficient (Wildman–Crippen LogP) is 2.69. The van der Waals surface area contributed by atoms with Crippen LogP contribution in [-0.2, 0) is 11.3 Å². The van der Waals surface area contributed by atoms with Crippen molar-refractivity contribution >= 4 is 17.7 Å². The van der Waals surface area contributed by atoms with Crippen LogP contribution in [0.1, 0.15) is 18.5 Å². The van der Waals surface area contributed by atoms with E-state index >= 15 is 0 Å². The van der Waals surface area contributed by atoms with E-state index in [1.165, 1.54) is 18.2 Å². The van der Waals surface area contributed by atoms with Crippen molar-refractivity contribution in [3.05, 3.63) is 54.5 Å². The van der Waals surface area contributed by atoms with Gasteiger partial charge in [-0.05, 0) is 43.0 Å². The summed E-state index contributed by atoms with van der Waals surface area (Å²) >= 11 is 1.53. The van der Waals surface area contributed by atoms with Gasteiger partial charge >= 0.3 is 0 Å². The minimum atomic E-state index is 0.245. The van der Waals surface area contributed by atoms with E-state index in [2.05, 4.69) is 25.8 Å². The van der Waals surface area contributed by atoms with Crippen molar-refractivity contribution in [1.82, 2.24) is 19.8 Å². The molecule has 1 amide bonds. The Morgan fingerprint density at radius 1 is 1.04 bits per heavy atom. The first kappa shape index (κ1) is 17.5. The largest absolute Gasteiger partial charge is 0.337 e. The third kappa shape index (κ3) is 4.24. The van der Waals surface area contributed by atoms with Crippen LogP contribution in [0, 0.1) is 5.92 Å². The molecular weight excluding hydrogens is 344 g/mol. The summed E-state index contributed by atoms with van der Waals surface area (Å²) in [5, 5.41) is 0.914. The summed E-state index contributed by atoms with van der Waals surface area (Å²) in [6.45, 7) is 3.78. The molecule has 2 aromatic rings. The Morgan fingerprint density at radius 2 is 1.88 bits per heavy atom. The molecule has 0 radical (unpaired) electrons. The van der Waals surface area contributed by atoms with E-state index in [1.54, 1.807) is 6.20 Å². The molecule has 0 aliphatic carbocycles. The second kappa shape index (κ2) is 8.18. The smallest absolute Gasteiger partial charge is 0.233 e. The number of rotatable bonds is 5. The molecule has 0 saturated carbocycles. The molecule has 2 atom stereocenters. The van der Waals surface area contributed by atoms with Crippen LogP contribution in [0.2, 0.25) is 0 Å². The normalized spacial score (nSPS) is 23.0. The van der Waals surface area contributed by atoms with E-state index in [0.717, 1.165) is 43.3 Å². The second-order valence-electron chi connectivity index (χ2n) is 7.12. The van der Waals surface area contributed by atoms with E-state index in [1.807, 2.05) is 36.5 Å². The number of aromatic nitrogens is 2. The summed E-state index contributed by atoms with van der Waals surface area (Å²) in [5.74, 6) is 1.29. The molecule has 5 nitrogen and oxygen atoms in total. The molecule has 3 fully saturated rings. The van der Waals surface area contributed by atoms with Crippen molar-refractivity contribution in [1.29, 1.82) is 0 Å². The Balaban J connectivity index is 1.37. The summed E-state index contributed by atoms with van der Waals surface area (Å²) in [5.41, 5.74) is 1.11. The number of carbonyl (C=O) groups is 1. The molecule has 6 heteroatoms. The van der Waals surface area contributed by atoms with Gasteiger partial charge in [0.05, 0.1) is 16.5 Å². The third-order valence-electron chi connectivity index (χ3n) is 5.20. The maximum absolute atomic E-state index is 12.8. The van der Waals surface area contributed by atoms with Gasteiger partial charge in [0.25, 0.3) is 0 Å². The van der Waals surface area contributed by atoms with Gasteiger partial charge in [0.15, 0.2) is 0 Å². The Labute approximate surface area is 158 Å². The van der Waals surface area contributed by atoms with Gasteiger partial charge in [-0.25, -0.2) is 4.98 Å². The molecule has 26 heavy (non-hydrogen) atoms. The number of hydrogen-bond donors (Lipinski definition) is 0. The molecule has 0 unspecified atom stereocenters. The summed E-state index contributed by atoms with van der Waals surface area (Å²) < 4.78 is 0. The SMILES string of the molecule is O=C(CSc1ccccn1)N1C[C@H]2CC[C@@H]1CN(Cc1ccccn1)C2. The Kier molecular flexibility index (Phi) is 5.51. The molecule has 3 saturated heterocycles. The monoisotopic (exact) mass is 368 g/mol. The molecule has 0 N–H and O–H groups in total. The predicted molar refractivity (Wildman–Crippen MR) is 103 cm³/mol. The van der Waals surface area contributed by atoms with Crippen LogP contribution in [0.5, 0.6) is 0 Å². The average molecular weight is 369 g/mol. The topological polar surface area (TPSA) is 49.3 Å². The van der Waals surface area contributed by atoms with Crippen molar-refractivity contribution in [2.24, 2.45) is 5.92 Å². The first-order valence-corrected chi connectivity index (χ1v) is 10.2. The van der Waals surface area contributed by atoms with E-state index < -0.39 is 0 Å². The number of pyridine rings is 2.